The lowest BCUT2D eigenvalue weighted by Crippen LogP contribution is -2.50. The molecule has 0 spiro atoms. The summed E-state index contributed by atoms with van der Waals surface area (Å²) in [7, 11) is 0. The number of hydrogen-bond acceptors (Lipinski definition) is 5. The first-order chi connectivity index (χ1) is 11.1. The van der Waals surface area contributed by atoms with Crippen LogP contribution in [0.2, 0.25) is 0 Å². The smallest absolute Gasteiger partial charge is 0.255 e. The molecule has 1 aromatic rings. The molecule has 6 nitrogen and oxygen atoms in total. The third-order valence-electron chi connectivity index (χ3n) is 4.17. The van der Waals surface area contributed by atoms with E-state index in [1.807, 2.05) is 11.8 Å². The van der Waals surface area contributed by atoms with Crippen LogP contribution in [-0.2, 0) is 4.79 Å². The van der Waals surface area contributed by atoms with Crippen LogP contribution in [-0.4, -0.2) is 70.4 Å². The fourth-order valence-corrected chi connectivity index (χ4v) is 3.85. The molecule has 1 aromatic heterocycles. The van der Waals surface area contributed by atoms with Gasteiger partial charge in [0.15, 0.2) is 0 Å². The minimum atomic E-state index is -0.0383. The zero-order chi connectivity index (χ0) is 16.2. The normalized spacial score (nSPS) is 21.3. The Labute approximate surface area is 140 Å². The van der Waals surface area contributed by atoms with Crippen molar-refractivity contribution in [2.45, 2.75) is 19.4 Å². The Kier molecular flexibility index (Phi) is 5.05. The van der Waals surface area contributed by atoms with Gasteiger partial charge in [0.25, 0.3) is 5.91 Å². The Morgan fingerprint density at radius 2 is 1.96 bits per heavy atom. The van der Waals surface area contributed by atoms with Gasteiger partial charge in [-0.25, -0.2) is 4.98 Å². The SMILES string of the molecule is CC(=O)N1CCN(C(=O)c2ccc(OC3CCSC3)nc2)CC1. The number of pyridine rings is 1. The van der Waals surface area contributed by atoms with Gasteiger partial charge in [-0.3, -0.25) is 9.59 Å². The van der Waals surface area contributed by atoms with E-state index < -0.39 is 0 Å². The number of piperazine rings is 1. The molecular formula is C16H21N3O3S. The summed E-state index contributed by atoms with van der Waals surface area (Å²) in [5, 5.41) is 0. The molecule has 1 unspecified atom stereocenters. The molecule has 124 valence electrons. The quantitative estimate of drug-likeness (QED) is 0.832. The van der Waals surface area contributed by atoms with Crippen LogP contribution in [0.25, 0.3) is 0 Å². The molecule has 23 heavy (non-hydrogen) atoms. The fraction of sp³-hybridized carbons (Fsp3) is 0.562. The average Bonchev–Trinajstić information content (AvgIpc) is 3.08. The summed E-state index contributed by atoms with van der Waals surface area (Å²) in [6.45, 7) is 3.87. The van der Waals surface area contributed by atoms with Crippen molar-refractivity contribution in [3.63, 3.8) is 0 Å². The van der Waals surface area contributed by atoms with E-state index in [0.717, 1.165) is 17.9 Å². The highest BCUT2D eigenvalue weighted by Gasteiger charge is 2.23. The van der Waals surface area contributed by atoms with Crippen LogP contribution < -0.4 is 4.74 Å². The molecule has 2 amide bonds. The molecule has 2 fully saturated rings. The molecule has 0 saturated carbocycles. The van der Waals surface area contributed by atoms with Crippen molar-refractivity contribution in [3.8, 4) is 5.88 Å². The number of carbonyl (C=O) groups excluding carboxylic acids is 2. The zero-order valence-corrected chi connectivity index (χ0v) is 14.1. The van der Waals surface area contributed by atoms with Crippen LogP contribution in [0.4, 0.5) is 0 Å². The van der Waals surface area contributed by atoms with Gasteiger partial charge < -0.3 is 14.5 Å². The maximum Gasteiger partial charge on any atom is 0.255 e. The molecule has 7 heteroatoms. The first-order valence-electron chi connectivity index (χ1n) is 7.89. The Balaban J connectivity index is 1.56. The van der Waals surface area contributed by atoms with Crippen molar-refractivity contribution in [2.75, 3.05) is 37.7 Å². The van der Waals surface area contributed by atoms with Crippen LogP contribution in [0.5, 0.6) is 5.88 Å². The number of nitrogens with zero attached hydrogens (tertiary/aromatic N) is 3. The maximum atomic E-state index is 12.5. The third kappa shape index (κ3) is 3.96. The lowest BCUT2D eigenvalue weighted by Gasteiger charge is -2.34. The van der Waals surface area contributed by atoms with E-state index in [2.05, 4.69) is 4.98 Å². The van der Waals surface area contributed by atoms with Gasteiger partial charge in [-0.1, -0.05) is 0 Å². The predicted octanol–water partition coefficient (Wildman–Crippen LogP) is 1.27. The minimum Gasteiger partial charge on any atom is -0.473 e. The summed E-state index contributed by atoms with van der Waals surface area (Å²) in [4.78, 5) is 31.6. The van der Waals surface area contributed by atoms with Gasteiger partial charge >= 0.3 is 0 Å². The lowest BCUT2D eigenvalue weighted by molar-refractivity contribution is -0.130. The predicted molar refractivity (Wildman–Crippen MR) is 88.8 cm³/mol. The van der Waals surface area contributed by atoms with Crippen molar-refractivity contribution < 1.29 is 14.3 Å². The zero-order valence-electron chi connectivity index (χ0n) is 13.2. The summed E-state index contributed by atoms with van der Waals surface area (Å²) in [6.07, 6.45) is 2.86. The van der Waals surface area contributed by atoms with Gasteiger partial charge in [0.2, 0.25) is 11.8 Å². The lowest BCUT2D eigenvalue weighted by atomic mass is 10.2. The van der Waals surface area contributed by atoms with Crippen molar-refractivity contribution >= 4 is 23.6 Å². The van der Waals surface area contributed by atoms with Crippen molar-refractivity contribution in [3.05, 3.63) is 23.9 Å². The van der Waals surface area contributed by atoms with Gasteiger partial charge in [-0.05, 0) is 18.2 Å². The van der Waals surface area contributed by atoms with E-state index in [1.54, 1.807) is 35.1 Å². The number of hydrogen-bond donors (Lipinski definition) is 0. The van der Waals surface area contributed by atoms with E-state index in [4.69, 9.17) is 4.74 Å². The molecule has 0 radical (unpaired) electrons. The van der Waals surface area contributed by atoms with Crippen LogP contribution in [0.15, 0.2) is 18.3 Å². The molecule has 0 bridgehead atoms. The minimum absolute atomic E-state index is 0.0383. The monoisotopic (exact) mass is 335 g/mol. The maximum absolute atomic E-state index is 12.5. The highest BCUT2D eigenvalue weighted by atomic mass is 32.2. The van der Waals surface area contributed by atoms with Gasteiger partial charge in [-0.15, -0.1) is 0 Å². The molecule has 1 atom stereocenters. The molecule has 0 aromatic carbocycles. The number of ether oxygens (including phenoxy) is 1. The Morgan fingerprint density at radius 3 is 2.52 bits per heavy atom. The summed E-state index contributed by atoms with van der Waals surface area (Å²) in [6, 6.07) is 3.53. The largest absolute Gasteiger partial charge is 0.473 e. The third-order valence-corrected chi connectivity index (χ3v) is 5.30. The molecule has 0 aliphatic carbocycles. The Bertz CT molecular complexity index is 564. The average molecular weight is 335 g/mol. The van der Waals surface area contributed by atoms with Gasteiger partial charge in [0.05, 0.1) is 5.56 Å². The van der Waals surface area contributed by atoms with E-state index >= 15 is 0 Å². The topological polar surface area (TPSA) is 62.7 Å². The van der Waals surface area contributed by atoms with E-state index in [-0.39, 0.29) is 17.9 Å². The first kappa shape index (κ1) is 16.1. The molecule has 2 aliphatic heterocycles. The Morgan fingerprint density at radius 1 is 1.22 bits per heavy atom. The van der Waals surface area contributed by atoms with Crippen LogP contribution >= 0.6 is 11.8 Å². The van der Waals surface area contributed by atoms with Crippen LogP contribution in [0.3, 0.4) is 0 Å². The highest BCUT2D eigenvalue weighted by Crippen LogP contribution is 2.22. The second-order valence-electron chi connectivity index (χ2n) is 5.79. The number of carbonyl (C=O) groups is 2. The molecule has 3 rings (SSSR count). The second-order valence-corrected chi connectivity index (χ2v) is 6.94. The summed E-state index contributed by atoms with van der Waals surface area (Å²) in [5.41, 5.74) is 0.564. The molecule has 2 saturated heterocycles. The summed E-state index contributed by atoms with van der Waals surface area (Å²) >= 11 is 1.89. The number of rotatable bonds is 3. The van der Waals surface area contributed by atoms with Crippen LogP contribution in [0.1, 0.15) is 23.7 Å². The van der Waals surface area contributed by atoms with E-state index in [0.29, 0.717) is 37.6 Å². The number of amides is 2. The van der Waals surface area contributed by atoms with Crippen molar-refractivity contribution in [1.29, 1.82) is 0 Å². The van der Waals surface area contributed by atoms with E-state index in [1.165, 1.54) is 0 Å². The number of thioether (sulfide) groups is 1. The molecule has 2 aliphatic rings. The van der Waals surface area contributed by atoms with E-state index in [9.17, 15) is 9.59 Å². The molecule has 0 N–H and O–H groups in total. The molecular weight excluding hydrogens is 314 g/mol. The second kappa shape index (κ2) is 7.21. The molecule has 3 heterocycles. The first-order valence-corrected chi connectivity index (χ1v) is 9.04. The summed E-state index contributed by atoms with van der Waals surface area (Å²) < 4.78 is 5.79. The summed E-state index contributed by atoms with van der Waals surface area (Å²) in [5.74, 6) is 2.74. The number of aromatic nitrogens is 1. The van der Waals surface area contributed by atoms with Gasteiger partial charge in [0, 0.05) is 51.1 Å². The van der Waals surface area contributed by atoms with Gasteiger partial charge in [-0.2, -0.15) is 11.8 Å². The van der Waals surface area contributed by atoms with Crippen molar-refractivity contribution in [2.24, 2.45) is 0 Å². The van der Waals surface area contributed by atoms with Crippen molar-refractivity contribution in [1.82, 2.24) is 14.8 Å². The highest BCUT2D eigenvalue weighted by molar-refractivity contribution is 7.99. The standard InChI is InChI=1S/C16H21N3O3S/c1-12(20)18-5-7-19(8-6-18)16(21)13-2-3-15(17-10-13)22-14-4-9-23-11-14/h2-3,10,14H,4-9,11H2,1H3. The van der Waals surface area contributed by atoms with Crippen LogP contribution in [0, 0.1) is 0 Å². The van der Waals surface area contributed by atoms with Gasteiger partial charge in [0.1, 0.15) is 6.10 Å². The fourth-order valence-electron chi connectivity index (χ4n) is 2.76. The Hall–Kier alpha value is -1.76.